The average Bonchev–Trinajstić information content (AvgIpc) is 3.22. The zero-order chi connectivity index (χ0) is 20.8. The summed E-state index contributed by atoms with van der Waals surface area (Å²) in [5.74, 6) is 0.300. The number of H-pyrrole nitrogens is 1. The van der Waals surface area contributed by atoms with Gasteiger partial charge in [-0.1, -0.05) is 28.8 Å². The number of hydrogen-bond acceptors (Lipinski definition) is 8. The van der Waals surface area contributed by atoms with E-state index in [1.54, 1.807) is 28.9 Å². The minimum absolute atomic E-state index is 0.0489. The van der Waals surface area contributed by atoms with E-state index in [9.17, 15) is 14.9 Å². The van der Waals surface area contributed by atoms with E-state index < -0.39 is 16.5 Å². The van der Waals surface area contributed by atoms with Crippen molar-refractivity contribution >= 4 is 28.9 Å². The number of fused-ring (bicyclic) bond motifs is 2. The molecule has 2 aromatic heterocycles. The second kappa shape index (κ2) is 6.74. The molecule has 0 fully saturated rings. The highest BCUT2D eigenvalue weighted by molar-refractivity contribution is 6.30. The van der Waals surface area contributed by atoms with Crippen LogP contribution in [0.5, 0.6) is 0 Å². The Labute approximate surface area is 172 Å². The van der Waals surface area contributed by atoms with Crippen molar-refractivity contribution in [2.45, 2.75) is 6.04 Å². The van der Waals surface area contributed by atoms with Crippen LogP contribution in [0.4, 0.5) is 17.3 Å². The molecule has 2 aromatic carbocycles. The maximum absolute atomic E-state index is 12.6. The molecule has 3 heterocycles. The van der Waals surface area contributed by atoms with Crippen LogP contribution in [0.1, 0.15) is 17.2 Å². The molecule has 1 atom stereocenters. The number of rotatable bonds is 3. The van der Waals surface area contributed by atoms with E-state index in [1.807, 2.05) is 12.1 Å². The molecular formula is C18H11ClN8O3. The van der Waals surface area contributed by atoms with Gasteiger partial charge in [-0.3, -0.25) is 14.9 Å². The molecule has 148 valence electrons. The Morgan fingerprint density at radius 3 is 2.53 bits per heavy atom. The Hall–Kier alpha value is -4.12. The molecule has 0 saturated carbocycles. The molecule has 0 radical (unpaired) electrons. The Balaban J connectivity index is 1.76. The van der Waals surface area contributed by atoms with E-state index >= 15 is 0 Å². The van der Waals surface area contributed by atoms with E-state index in [2.05, 4.69) is 31.0 Å². The summed E-state index contributed by atoms with van der Waals surface area (Å²) < 4.78 is 1.54. The first-order valence-electron chi connectivity index (χ1n) is 8.70. The van der Waals surface area contributed by atoms with Crippen molar-refractivity contribution in [1.82, 2.24) is 30.4 Å². The molecular weight excluding hydrogens is 412 g/mol. The highest BCUT2D eigenvalue weighted by Gasteiger charge is 2.34. The van der Waals surface area contributed by atoms with Crippen LogP contribution in [0.25, 0.3) is 11.3 Å². The number of halogens is 1. The third-order valence-electron chi connectivity index (χ3n) is 4.81. The summed E-state index contributed by atoms with van der Waals surface area (Å²) in [6.07, 6.45) is 0. The van der Waals surface area contributed by atoms with Crippen LogP contribution in [0.3, 0.4) is 0 Å². The van der Waals surface area contributed by atoms with Crippen LogP contribution in [0, 0.1) is 10.1 Å². The lowest BCUT2D eigenvalue weighted by Crippen LogP contribution is -2.29. The smallest absolute Gasteiger partial charge is 0.288 e. The third kappa shape index (κ3) is 2.79. The van der Waals surface area contributed by atoms with Gasteiger partial charge in [0.25, 0.3) is 11.2 Å². The highest BCUT2D eigenvalue weighted by atomic mass is 35.5. The van der Waals surface area contributed by atoms with Crippen LogP contribution in [-0.4, -0.2) is 35.3 Å². The number of nitro groups is 1. The Morgan fingerprint density at radius 1 is 1.10 bits per heavy atom. The van der Waals surface area contributed by atoms with E-state index in [0.29, 0.717) is 27.8 Å². The van der Waals surface area contributed by atoms with Gasteiger partial charge in [-0.25, -0.2) is 5.10 Å². The molecule has 11 nitrogen and oxygen atoms in total. The first-order valence-corrected chi connectivity index (χ1v) is 9.08. The summed E-state index contributed by atoms with van der Waals surface area (Å²) in [6.45, 7) is 0. The standard InChI is InChI=1S/C18H11ClN8O3/c19-11-5-1-10(2-6-11)16-13-14(9-3-7-12(8-4-9)27(29)30)21-22-17(28)15(13)20-18-23-24-25-26(16)18/h1-8,16H,(H,22,28)(H,20,23,25). The van der Waals surface area contributed by atoms with Gasteiger partial charge < -0.3 is 5.32 Å². The number of non-ortho nitro benzene ring substituents is 1. The minimum Gasteiger partial charge on any atom is -0.318 e. The maximum atomic E-state index is 12.6. The van der Waals surface area contributed by atoms with Crippen molar-refractivity contribution < 1.29 is 4.92 Å². The number of nitrogens with zero attached hydrogens (tertiary/aromatic N) is 6. The highest BCUT2D eigenvalue weighted by Crippen LogP contribution is 2.41. The summed E-state index contributed by atoms with van der Waals surface area (Å²) in [5, 5.41) is 32.9. The zero-order valence-corrected chi connectivity index (χ0v) is 15.7. The van der Waals surface area contributed by atoms with Gasteiger partial charge in [0.05, 0.1) is 10.6 Å². The Kier molecular flexibility index (Phi) is 4.03. The molecule has 1 aliphatic rings. The molecule has 0 spiro atoms. The van der Waals surface area contributed by atoms with Gasteiger partial charge in [0.1, 0.15) is 11.7 Å². The number of hydrogen-bond donors (Lipinski definition) is 2. The monoisotopic (exact) mass is 422 g/mol. The second-order valence-corrected chi connectivity index (χ2v) is 6.96. The van der Waals surface area contributed by atoms with Crippen molar-refractivity contribution in [2.75, 3.05) is 5.32 Å². The molecule has 4 aromatic rings. The lowest BCUT2D eigenvalue weighted by molar-refractivity contribution is -0.384. The number of nitrogens with one attached hydrogen (secondary N) is 2. The maximum Gasteiger partial charge on any atom is 0.288 e. The van der Waals surface area contributed by atoms with Gasteiger partial charge in [-0.05, 0) is 40.3 Å². The Bertz CT molecular complexity index is 1330. The van der Waals surface area contributed by atoms with Gasteiger partial charge in [0.15, 0.2) is 0 Å². The fraction of sp³-hybridized carbons (Fsp3) is 0.0556. The summed E-state index contributed by atoms with van der Waals surface area (Å²) in [6, 6.07) is 12.4. The van der Waals surface area contributed by atoms with Crippen LogP contribution in [-0.2, 0) is 0 Å². The molecule has 30 heavy (non-hydrogen) atoms. The van der Waals surface area contributed by atoms with E-state index in [0.717, 1.165) is 5.56 Å². The van der Waals surface area contributed by atoms with E-state index in [-0.39, 0.29) is 11.4 Å². The SMILES string of the molecule is O=c1[nH]nc(-c2ccc([N+](=O)[O-])cc2)c2c1Nc1nnnn1C2c1ccc(Cl)cc1. The lowest BCUT2D eigenvalue weighted by Gasteiger charge is -2.27. The molecule has 0 aliphatic carbocycles. The largest absolute Gasteiger partial charge is 0.318 e. The fourth-order valence-electron chi connectivity index (χ4n) is 3.45. The van der Waals surface area contributed by atoms with Crippen molar-refractivity contribution in [3.05, 3.63) is 85.1 Å². The van der Waals surface area contributed by atoms with E-state index in [1.165, 1.54) is 12.1 Å². The van der Waals surface area contributed by atoms with Crippen LogP contribution in [0.15, 0.2) is 53.3 Å². The van der Waals surface area contributed by atoms with Gasteiger partial charge >= 0.3 is 0 Å². The van der Waals surface area contributed by atoms with Crippen molar-refractivity contribution in [1.29, 1.82) is 0 Å². The van der Waals surface area contributed by atoms with Crippen molar-refractivity contribution in [2.24, 2.45) is 0 Å². The van der Waals surface area contributed by atoms with Crippen molar-refractivity contribution in [3.8, 4) is 11.3 Å². The number of nitro benzene ring substituents is 1. The fourth-order valence-corrected chi connectivity index (χ4v) is 3.58. The van der Waals surface area contributed by atoms with Crippen LogP contribution < -0.4 is 10.9 Å². The van der Waals surface area contributed by atoms with Crippen molar-refractivity contribution in [3.63, 3.8) is 0 Å². The number of benzene rings is 2. The molecule has 5 rings (SSSR count). The minimum atomic E-state index is -0.566. The lowest BCUT2D eigenvalue weighted by atomic mass is 9.92. The van der Waals surface area contributed by atoms with Gasteiger partial charge in [-0.2, -0.15) is 9.78 Å². The topological polar surface area (TPSA) is 145 Å². The number of tetrazole rings is 1. The normalized spacial score (nSPS) is 14.5. The third-order valence-corrected chi connectivity index (χ3v) is 5.06. The van der Waals surface area contributed by atoms with E-state index in [4.69, 9.17) is 11.6 Å². The summed E-state index contributed by atoms with van der Waals surface area (Å²) >= 11 is 6.04. The molecule has 0 amide bonds. The van der Waals surface area contributed by atoms with Crippen LogP contribution >= 0.6 is 11.6 Å². The first kappa shape index (κ1) is 17.9. The number of aromatic nitrogens is 6. The number of aromatic amines is 1. The number of anilines is 2. The van der Waals surface area contributed by atoms with Gasteiger partial charge in [-0.15, -0.1) is 0 Å². The predicted molar refractivity (Wildman–Crippen MR) is 107 cm³/mol. The zero-order valence-electron chi connectivity index (χ0n) is 15.0. The van der Waals surface area contributed by atoms with Crippen LogP contribution in [0.2, 0.25) is 5.02 Å². The van der Waals surface area contributed by atoms with Gasteiger partial charge in [0, 0.05) is 28.3 Å². The molecule has 1 aliphatic heterocycles. The first-order chi connectivity index (χ1) is 14.5. The molecule has 0 saturated heterocycles. The average molecular weight is 423 g/mol. The summed E-state index contributed by atoms with van der Waals surface area (Å²) in [7, 11) is 0. The Morgan fingerprint density at radius 2 is 1.83 bits per heavy atom. The molecule has 0 bridgehead atoms. The second-order valence-electron chi connectivity index (χ2n) is 6.52. The summed E-state index contributed by atoms with van der Waals surface area (Å²) in [4.78, 5) is 23.1. The molecule has 12 heteroatoms. The molecule has 1 unspecified atom stereocenters. The van der Waals surface area contributed by atoms with Gasteiger partial charge in [0.2, 0.25) is 5.95 Å². The predicted octanol–water partition coefficient (Wildman–Crippen LogP) is 2.68. The molecule has 2 N–H and O–H groups in total. The summed E-state index contributed by atoms with van der Waals surface area (Å²) in [5.41, 5.74) is 2.11. The quantitative estimate of drug-likeness (QED) is 0.333.